The van der Waals surface area contributed by atoms with Gasteiger partial charge in [0.25, 0.3) is 16.4 Å². The van der Waals surface area contributed by atoms with Crippen LogP contribution in [0.4, 0.5) is 26.1 Å². The van der Waals surface area contributed by atoms with Gasteiger partial charge in [-0.05, 0) is 37.2 Å². The zero-order chi connectivity index (χ0) is 33.5. The number of nitrogens with one attached hydrogen (secondary N) is 1. The van der Waals surface area contributed by atoms with E-state index in [0.29, 0.717) is 79.7 Å². The van der Waals surface area contributed by atoms with Crippen LogP contribution in [0.15, 0.2) is 43.1 Å². The molecule has 2 fully saturated rings. The number of piperidine rings is 1. The summed E-state index contributed by atoms with van der Waals surface area (Å²) in [4.78, 5) is 17.5. The molecule has 0 spiro atoms. The number of anilines is 3. The normalized spacial score (nSPS) is 18.0. The Bertz CT molecular complexity index is 1970. The van der Waals surface area contributed by atoms with Crippen molar-refractivity contribution < 1.29 is 22.3 Å². The molecule has 0 aromatic carbocycles. The lowest BCUT2D eigenvalue weighted by Crippen LogP contribution is -2.40. The third kappa shape index (κ3) is 6.75. The van der Waals surface area contributed by atoms with Gasteiger partial charge in [-0.1, -0.05) is 18.8 Å². The number of halogens is 2. The Balaban J connectivity index is 1.15. The van der Waals surface area contributed by atoms with Crippen molar-refractivity contribution in [3.8, 4) is 23.2 Å². The first kappa shape index (κ1) is 32.1. The van der Waals surface area contributed by atoms with Crippen LogP contribution >= 0.6 is 0 Å². The van der Waals surface area contributed by atoms with Crippen LogP contribution in [-0.4, -0.2) is 96.8 Å². The molecule has 6 heterocycles. The van der Waals surface area contributed by atoms with E-state index in [1.807, 2.05) is 10.7 Å². The van der Waals surface area contributed by atoms with E-state index in [2.05, 4.69) is 54.1 Å². The number of aliphatic hydroxyl groups excluding tert-OH is 1. The molecule has 0 unspecified atom stereocenters. The highest BCUT2D eigenvalue weighted by Gasteiger charge is 2.38. The molecule has 7 rings (SSSR count). The van der Waals surface area contributed by atoms with E-state index in [-0.39, 0.29) is 18.6 Å². The van der Waals surface area contributed by atoms with E-state index in [4.69, 9.17) is 0 Å². The standard InChI is InChI=1S/C32H36F2N10O3S/c1-32(21-45)7-10-42(11-8-32)26-14-30(36-15-22(26)2-3-23-16-37-43-13-12-41(19-27(23)43)20-28(33)34)39-29-6-9-35-31(40-29)24-17-38-44(18-24)48(46,47)25-4-5-25/h6,9,14-18,25,28,45H,4-5,7-8,10-13,19-21H2,1H3,(H,35,36,39,40). The molecule has 0 amide bonds. The van der Waals surface area contributed by atoms with Crippen molar-refractivity contribution in [3.05, 3.63) is 59.9 Å². The molecular formula is C32H36F2N10O3S. The minimum absolute atomic E-state index is 0.119. The van der Waals surface area contributed by atoms with Crippen molar-refractivity contribution in [2.45, 2.75) is 57.4 Å². The summed E-state index contributed by atoms with van der Waals surface area (Å²) in [5.41, 5.74) is 3.38. The van der Waals surface area contributed by atoms with Crippen LogP contribution in [-0.2, 0) is 23.1 Å². The molecule has 252 valence electrons. The van der Waals surface area contributed by atoms with Gasteiger partial charge in [-0.2, -0.15) is 14.3 Å². The van der Waals surface area contributed by atoms with Gasteiger partial charge in [0.05, 0.1) is 65.0 Å². The molecule has 16 heteroatoms. The number of alkyl halides is 2. The summed E-state index contributed by atoms with van der Waals surface area (Å²) < 4.78 is 54.1. The number of hydrogen-bond donors (Lipinski definition) is 2. The molecule has 1 aliphatic carbocycles. The van der Waals surface area contributed by atoms with Crippen LogP contribution in [0.25, 0.3) is 11.4 Å². The highest BCUT2D eigenvalue weighted by molar-refractivity contribution is 7.90. The van der Waals surface area contributed by atoms with E-state index in [1.54, 1.807) is 29.6 Å². The monoisotopic (exact) mass is 678 g/mol. The van der Waals surface area contributed by atoms with Gasteiger partial charge in [-0.15, -0.1) is 0 Å². The van der Waals surface area contributed by atoms with Crippen molar-refractivity contribution in [1.82, 2.24) is 38.8 Å². The SMILES string of the molecule is CC1(CO)CCN(c2cc(Nc3ccnc(-c4cnn(S(=O)(=O)C5CC5)c4)n3)ncc2C#Cc2cnn3c2CN(CC(F)F)CC3)CC1. The molecular weight excluding hydrogens is 642 g/mol. The predicted octanol–water partition coefficient (Wildman–Crippen LogP) is 3.09. The van der Waals surface area contributed by atoms with Crippen LogP contribution in [0.3, 0.4) is 0 Å². The van der Waals surface area contributed by atoms with Crippen molar-refractivity contribution in [2.75, 3.05) is 43.0 Å². The van der Waals surface area contributed by atoms with E-state index in [0.717, 1.165) is 28.3 Å². The molecule has 0 bridgehead atoms. The Morgan fingerprint density at radius 2 is 1.83 bits per heavy atom. The van der Waals surface area contributed by atoms with E-state index in [1.165, 1.54) is 12.4 Å². The van der Waals surface area contributed by atoms with E-state index in [9.17, 15) is 22.3 Å². The number of pyridine rings is 1. The van der Waals surface area contributed by atoms with Gasteiger partial charge in [0.1, 0.15) is 11.6 Å². The minimum atomic E-state index is -3.51. The van der Waals surface area contributed by atoms with Gasteiger partial charge in [-0.3, -0.25) is 9.58 Å². The van der Waals surface area contributed by atoms with E-state index < -0.39 is 21.7 Å². The van der Waals surface area contributed by atoms with Gasteiger partial charge in [0.2, 0.25) is 0 Å². The molecule has 2 aliphatic heterocycles. The fourth-order valence-corrected chi connectivity index (χ4v) is 7.46. The summed E-state index contributed by atoms with van der Waals surface area (Å²) >= 11 is 0. The molecule has 3 aliphatic rings. The highest BCUT2D eigenvalue weighted by atomic mass is 32.2. The lowest BCUT2D eigenvalue weighted by molar-refractivity contribution is 0.0736. The summed E-state index contributed by atoms with van der Waals surface area (Å²) in [6.45, 7) is 4.74. The second-order valence-electron chi connectivity index (χ2n) is 12.9. The van der Waals surface area contributed by atoms with E-state index >= 15 is 0 Å². The third-order valence-electron chi connectivity index (χ3n) is 9.19. The maximum absolute atomic E-state index is 13.1. The fraction of sp³-hybridized carbons (Fsp3) is 0.469. The van der Waals surface area contributed by atoms with Crippen LogP contribution in [0.1, 0.15) is 49.4 Å². The Kier molecular flexibility index (Phi) is 8.60. The van der Waals surface area contributed by atoms with Crippen LogP contribution in [0.2, 0.25) is 0 Å². The van der Waals surface area contributed by atoms with Crippen molar-refractivity contribution in [1.29, 1.82) is 0 Å². The Morgan fingerprint density at radius 3 is 2.58 bits per heavy atom. The third-order valence-corrected chi connectivity index (χ3v) is 11.2. The molecule has 48 heavy (non-hydrogen) atoms. The smallest absolute Gasteiger partial charge is 0.256 e. The number of nitrogens with zero attached hydrogens (tertiary/aromatic N) is 9. The molecule has 0 radical (unpaired) electrons. The zero-order valence-electron chi connectivity index (χ0n) is 26.4. The largest absolute Gasteiger partial charge is 0.396 e. The van der Waals surface area contributed by atoms with Crippen LogP contribution < -0.4 is 10.2 Å². The summed E-state index contributed by atoms with van der Waals surface area (Å²) in [7, 11) is -3.51. The number of rotatable bonds is 9. The fourth-order valence-electron chi connectivity index (χ4n) is 5.98. The average molecular weight is 679 g/mol. The molecule has 4 aromatic rings. The van der Waals surface area contributed by atoms with Crippen molar-refractivity contribution >= 4 is 27.3 Å². The topological polar surface area (TPSA) is 147 Å². The molecule has 4 aromatic heterocycles. The molecule has 1 saturated heterocycles. The second kappa shape index (κ2) is 12.9. The Hall–Kier alpha value is -4.46. The van der Waals surface area contributed by atoms with Crippen LogP contribution in [0.5, 0.6) is 0 Å². The predicted molar refractivity (Wildman–Crippen MR) is 174 cm³/mol. The lowest BCUT2D eigenvalue weighted by atomic mass is 9.81. The molecule has 2 N–H and O–H groups in total. The molecule has 1 saturated carbocycles. The number of aliphatic hydroxyl groups is 1. The maximum atomic E-state index is 13.1. The van der Waals surface area contributed by atoms with Crippen molar-refractivity contribution in [3.63, 3.8) is 0 Å². The highest BCUT2D eigenvalue weighted by Crippen LogP contribution is 2.35. The number of fused-ring (bicyclic) bond motifs is 1. The van der Waals surface area contributed by atoms with Crippen LogP contribution in [0, 0.1) is 17.3 Å². The summed E-state index contributed by atoms with van der Waals surface area (Å²) in [6.07, 6.45) is 8.30. The summed E-state index contributed by atoms with van der Waals surface area (Å²) in [5.74, 6) is 7.79. The number of hydrogen-bond acceptors (Lipinski definition) is 11. The Labute approximate surface area is 277 Å². The number of aromatic nitrogens is 7. The van der Waals surface area contributed by atoms with Gasteiger partial charge < -0.3 is 15.3 Å². The minimum Gasteiger partial charge on any atom is -0.396 e. The zero-order valence-corrected chi connectivity index (χ0v) is 27.2. The van der Waals surface area contributed by atoms with Gasteiger partial charge in [0, 0.05) is 51.2 Å². The first-order valence-electron chi connectivity index (χ1n) is 15.9. The van der Waals surface area contributed by atoms with Gasteiger partial charge in [-0.25, -0.2) is 32.2 Å². The first-order chi connectivity index (χ1) is 23.1. The van der Waals surface area contributed by atoms with Gasteiger partial charge >= 0.3 is 0 Å². The summed E-state index contributed by atoms with van der Waals surface area (Å²) in [6, 6.07) is 3.60. The summed E-state index contributed by atoms with van der Waals surface area (Å²) in [5, 5.41) is 21.3. The first-order valence-corrected chi connectivity index (χ1v) is 17.4. The van der Waals surface area contributed by atoms with Crippen molar-refractivity contribution in [2.24, 2.45) is 5.41 Å². The molecule has 0 atom stereocenters. The lowest BCUT2D eigenvalue weighted by Gasteiger charge is -2.39. The average Bonchev–Trinajstić information content (AvgIpc) is 3.69. The second-order valence-corrected chi connectivity index (χ2v) is 15.0. The Morgan fingerprint density at radius 1 is 1.04 bits per heavy atom. The quantitative estimate of drug-likeness (QED) is 0.252. The van der Waals surface area contributed by atoms with Gasteiger partial charge in [0.15, 0.2) is 5.82 Å². The molecule has 13 nitrogen and oxygen atoms in total. The maximum Gasteiger partial charge on any atom is 0.256 e.